The van der Waals surface area contributed by atoms with E-state index >= 15 is 0 Å². The Hall–Kier alpha value is -3.10. The van der Waals surface area contributed by atoms with Gasteiger partial charge in [0.05, 0.1) is 18.8 Å². The van der Waals surface area contributed by atoms with Crippen molar-refractivity contribution in [2.45, 2.75) is 12.0 Å². The summed E-state index contributed by atoms with van der Waals surface area (Å²) in [5.74, 6) is -1.54. The van der Waals surface area contributed by atoms with Crippen LogP contribution in [0.4, 0.5) is 5.69 Å². The van der Waals surface area contributed by atoms with Gasteiger partial charge in [-0.15, -0.1) is 0 Å². The fourth-order valence-electron chi connectivity index (χ4n) is 3.34. The monoisotopic (exact) mass is 392 g/mol. The number of nitrogens with zero attached hydrogens (tertiary/aromatic N) is 2. The largest absolute Gasteiger partial charge is 0.629 e. The number of rotatable bonds is 3. The zero-order chi connectivity index (χ0) is 20.2. The molecule has 29 heavy (non-hydrogen) atoms. The molecule has 1 saturated heterocycles. The fraction of sp³-hybridized carbons (Fsp3) is 0.238. The predicted molar refractivity (Wildman–Crippen MR) is 108 cm³/mol. The normalized spacial score (nSPS) is 23.2. The molecule has 2 aromatic rings. The van der Waals surface area contributed by atoms with E-state index in [0.29, 0.717) is 0 Å². The number of hydrogen-bond donors (Lipinski definition) is 0. The molecular formula is C21H21BN2O5. The highest BCUT2D eigenvalue weighted by atomic mass is 16.7. The van der Waals surface area contributed by atoms with E-state index in [1.165, 1.54) is 0 Å². The van der Waals surface area contributed by atoms with Gasteiger partial charge in [0, 0.05) is 0 Å². The van der Waals surface area contributed by atoms with E-state index in [1.54, 1.807) is 17.0 Å². The molecule has 0 bridgehead atoms. The summed E-state index contributed by atoms with van der Waals surface area (Å²) in [4.78, 5) is 32.2. The SMILES string of the molecule is CN1CC(=O)OB([C@@H]2C=C[C@H](c3ccccc3)ON2c2ccccc2)OC(=O)C1. The second kappa shape index (κ2) is 8.51. The molecule has 7 nitrogen and oxygen atoms in total. The third-order valence-electron chi connectivity index (χ3n) is 4.69. The van der Waals surface area contributed by atoms with E-state index in [9.17, 15) is 9.59 Å². The van der Waals surface area contributed by atoms with Gasteiger partial charge < -0.3 is 9.31 Å². The van der Waals surface area contributed by atoms with Gasteiger partial charge in [0.25, 0.3) is 0 Å². The van der Waals surface area contributed by atoms with Crippen LogP contribution in [0.1, 0.15) is 11.7 Å². The van der Waals surface area contributed by atoms with Crippen molar-refractivity contribution in [1.29, 1.82) is 0 Å². The number of anilines is 1. The number of carbonyl (C=O) groups is 2. The molecule has 148 valence electrons. The first kappa shape index (κ1) is 19.2. The number of hydroxylamine groups is 1. The molecule has 1 fully saturated rings. The van der Waals surface area contributed by atoms with E-state index in [-0.39, 0.29) is 19.2 Å². The Labute approximate surface area is 169 Å². The number of carbonyl (C=O) groups excluding carboxylic acids is 2. The third-order valence-corrected chi connectivity index (χ3v) is 4.69. The summed E-state index contributed by atoms with van der Waals surface area (Å²) in [5, 5.41) is 1.63. The van der Waals surface area contributed by atoms with Crippen LogP contribution in [0.2, 0.25) is 0 Å². The summed E-state index contributed by atoms with van der Waals surface area (Å²) in [6, 6.07) is 19.2. The molecule has 0 spiro atoms. The Bertz CT molecular complexity index is 872. The van der Waals surface area contributed by atoms with Crippen LogP contribution in [-0.2, 0) is 23.7 Å². The van der Waals surface area contributed by atoms with E-state index in [2.05, 4.69) is 0 Å². The lowest BCUT2D eigenvalue weighted by Gasteiger charge is -2.38. The zero-order valence-corrected chi connectivity index (χ0v) is 16.0. The van der Waals surface area contributed by atoms with Crippen LogP contribution in [0.15, 0.2) is 72.8 Å². The Morgan fingerprint density at radius 1 is 0.862 bits per heavy atom. The fourth-order valence-corrected chi connectivity index (χ4v) is 3.34. The number of hydrogen-bond acceptors (Lipinski definition) is 7. The van der Waals surface area contributed by atoms with Crippen molar-refractivity contribution >= 4 is 24.7 Å². The molecule has 0 aliphatic carbocycles. The molecule has 0 saturated carbocycles. The van der Waals surface area contributed by atoms with E-state index in [1.807, 2.05) is 72.8 Å². The van der Waals surface area contributed by atoms with Gasteiger partial charge in [0.1, 0.15) is 12.0 Å². The lowest BCUT2D eigenvalue weighted by atomic mass is 9.76. The maximum absolute atomic E-state index is 12.2. The second-order valence-corrected chi connectivity index (χ2v) is 6.99. The van der Waals surface area contributed by atoms with Crippen LogP contribution in [-0.4, -0.2) is 50.0 Å². The van der Waals surface area contributed by atoms with Crippen molar-refractivity contribution in [3.63, 3.8) is 0 Å². The Kier molecular flexibility index (Phi) is 5.64. The van der Waals surface area contributed by atoms with Crippen LogP contribution >= 0.6 is 0 Å². The summed E-state index contributed by atoms with van der Waals surface area (Å²) in [6.45, 7) is 0.0295. The van der Waals surface area contributed by atoms with Crippen molar-refractivity contribution < 1.29 is 23.7 Å². The van der Waals surface area contributed by atoms with Crippen molar-refractivity contribution in [3.8, 4) is 0 Å². The lowest BCUT2D eigenvalue weighted by Crippen LogP contribution is -2.54. The molecule has 2 atom stereocenters. The molecule has 2 aliphatic heterocycles. The lowest BCUT2D eigenvalue weighted by molar-refractivity contribution is -0.146. The van der Waals surface area contributed by atoms with Crippen LogP contribution in [0.25, 0.3) is 0 Å². The molecule has 0 N–H and O–H groups in total. The van der Waals surface area contributed by atoms with Crippen molar-refractivity contribution in [3.05, 3.63) is 78.4 Å². The average Bonchev–Trinajstić information content (AvgIpc) is 2.73. The predicted octanol–water partition coefficient (Wildman–Crippen LogP) is 2.16. The molecular weight excluding hydrogens is 371 g/mol. The molecule has 0 radical (unpaired) electrons. The minimum atomic E-state index is -1.11. The molecule has 0 amide bonds. The first-order chi connectivity index (χ1) is 14.1. The van der Waals surface area contributed by atoms with Crippen LogP contribution in [0.3, 0.4) is 0 Å². The number of benzene rings is 2. The van der Waals surface area contributed by atoms with Crippen LogP contribution in [0, 0.1) is 0 Å². The average molecular weight is 392 g/mol. The third kappa shape index (κ3) is 4.50. The first-order valence-corrected chi connectivity index (χ1v) is 9.42. The van der Waals surface area contributed by atoms with Crippen molar-refractivity contribution in [2.24, 2.45) is 0 Å². The second-order valence-electron chi connectivity index (χ2n) is 6.99. The molecule has 2 aliphatic rings. The summed E-state index contributed by atoms with van der Waals surface area (Å²) >= 11 is 0. The zero-order valence-electron chi connectivity index (χ0n) is 16.0. The minimum Gasteiger partial charge on any atom is -0.497 e. The van der Waals surface area contributed by atoms with Gasteiger partial charge in [-0.2, -0.15) is 0 Å². The van der Waals surface area contributed by atoms with Gasteiger partial charge in [0.2, 0.25) is 0 Å². The molecule has 0 aromatic heterocycles. The van der Waals surface area contributed by atoms with Gasteiger partial charge in [-0.3, -0.25) is 19.3 Å². The van der Waals surface area contributed by atoms with Crippen LogP contribution < -0.4 is 5.06 Å². The van der Waals surface area contributed by atoms with Gasteiger partial charge in [-0.1, -0.05) is 60.7 Å². The van der Waals surface area contributed by atoms with E-state index in [0.717, 1.165) is 11.3 Å². The highest BCUT2D eigenvalue weighted by molar-refractivity contribution is 6.52. The van der Waals surface area contributed by atoms with Gasteiger partial charge in [0.15, 0.2) is 0 Å². The summed E-state index contributed by atoms with van der Waals surface area (Å²) < 4.78 is 10.9. The Morgan fingerprint density at radius 2 is 1.45 bits per heavy atom. The summed E-state index contributed by atoms with van der Waals surface area (Å²) in [7, 11) is 0.546. The highest BCUT2D eigenvalue weighted by Crippen LogP contribution is 2.31. The molecule has 4 rings (SSSR count). The molecule has 8 heteroatoms. The van der Waals surface area contributed by atoms with Crippen molar-refractivity contribution in [1.82, 2.24) is 4.90 Å². The summed E-state index contributed by atoms with van der Waals surface area (Å²) in [5.41, 5.74) is 1.74. The quantitative estimate of drug-likeness (QED) is 0.586. The number of likely N-dealkylation sites (N-methyl/N-ethyl adjacent to an activating group) is 1. The molecule has 0 unspecified atom stereocenters. The van der Waals surface area contributed by atoms with Gasteiger partial charge in [-0.25, -0.2) is 5.06 Å². The maximum Gasteiger partial charge on any atom is 0.629 e. The van der Waals surface area contributed by atoms with Gasteiger partial charge in [-0.05, 0) is 24.7 Å². The topological polar surface area (TPSA) is 68.3 Å². The summed E-state index contributed by atoms with van der Waals surface area (Å²) in [6.07, 6.45) is 3.41. The van der Waals surface area contributed by atoms with Gasteiger partial charge >= 0.3 is 19.1 Å². The smallest absolute Gasteiger partial charge is 0.497 e. The van der Waals surface area contributed by atoms with E-state index < -0.39 is 25.0 Å². The minimum absolute atomic E-state index is 0.0148. The molecule has 2 heterocycles. The van der Waals surface area contributed by atoms with E-state index in [4.69, 9.17) is 14.1 Å². The Morgan fingerprint density at radius 3 is 2.07 bits per heavy atom. The molecule has 2 aromatic carbocycles. The first-order valence-electron chi connectivity index (χ1n) is 9.42. The standard InChI is InChI=1S/C21H21BN2O5/c1-23-14-20(25)27-22(28-21(26)15-23)19-13-12-18(16-8-4-2-5-9-16)29-24(19)17-10-6-3-7-11-17/h2-13,18-19H,14-15H2,1H3/t18-,19+/m1/s1. The van der Waals surface area contributed by atoms with Crippen molar-refractivity contribution in [2.75, 3.05) is 25.2 Å². The number of para-hydroxylation sites is 1. The van der Waals surface area contributed by atoms with Crippen LogP contribution in [0.5, 0.6) is 0 Å². The maximum atomic E-state index is 12.2. The Balaban J connectivity index is 1.65. The highest BCUT2D eigenvalue weighted by Gasteiger charge is 2.45.